The van der Waals surface area contributed by atoms with Gasteiger partial charge in [-0.2, -0.15) is 13.2 Å². The summed E-state index contributed by atoms with van der Waals surface area (Å²) < 4.78 is 38.0. The molecule has 2 heterocycles. The third-order valence-electron chi connectivity index (χ3n) is 4.58. The van der Waals surface area contributed by atoms with Gasteiger partial charge >= 0.3 is 6.18 Å². The first kappa shape index (κ1) is 20.4. The average molecular weight is 411 g/mol. The molecule has 0 fully saturated rings. The first-order valence-corrected chi connectivity index (χ1v) is 10.1. The number of nitrogens with one attached hydrogen (secondary N) is 2. The maximum atomic E-state index is 12.7. The number of para-hydroxylation sites is 1. The number of thiazole rings is 1. The Balaban J connectivity index is 1.58. The Labute approximate surface area is 166 Å². The molecule has 1 aromatic heterocycles. The molecule has 9 heteroatoms. The van der Waals surface area contributed by atoms with Crippen molar-refractivity contribution in [2.24, 2.45) is 4.99 Å². The first-order chi connectivity index (χ1) is 13.4. The van der Waals surface area contributed by atoms with Crippen LogP contribution < -0.4 is 15.5 Å². The number of fused-ring (bicyclic) bond motifs is 1. The highest BCUT2D eigenvalue weighted by atomic mass is 32.1. The molecule has 0 aliphatic carbocycles. The van der Waals surface area contributed by atoms with Crippen LogP contribution in [0.4, 0.5) is 18.9 Å². The van der Waals surface area contributed by atoms with Crippen molar-refractivity contribution in [2.45, 2.75) is 39.0 Å². The molecule has 3 rings (SSSR count). The van der Waals surface area contributed by atoms with Crippen LogP contribution in [0.5, 0.6) is 0 Å². The Morgan fingerprint density at radius 3 is 2.82 bits per heavy atom. The van der Waals surface area contributed by atoms with E-state index in [-0.39, 0.29) is 12.6 Å². The van der Waals surface area contributed by atoms with E-state index < -0.39 is 11.9 Å². The Bertz CT molecular complexity index is 818. The van der Waals surface area contributed by atoms with Crippen molar-refractivity contribution in [1.29, 1.82) is 0 Å². The molecule has 5 nitrogen and oxygen atoms in total. The van der Waals surface area contributed by atoms with Gasteiger partial charge in [0, 0.05) is 36.7 Å². The fraction of sp³-hybridized carbons (Fsp3) is 0.474. The number of hydrogen-bond acceptors (Lipinski definition) is 4. The zero-order valence-electron chi connectivity index (χ0n) is 15.9. The predicted octanol–water partition coefficient (Wildman–Crippen LogP) is 3.67. The van der Waals surface area contributed by atoms with Gasteiger partial charge in [-0.3, -0.25) is 0 Å². The van der Waals surface area contributed by atoms with Gasteiger partial charge in [-0.05, 0) is 31.9 Å². The molecule has 152 valence electrons. The van der Waals surface area contributed by atoms with E-state index in [0.29, 0.717) is 24.1 Å². The normalized spacial score (nSPS) is 15.5. The SMILES string of the molecule is CCNC(=NCc1nc(C(F)(F)F)cs1)NCC(C)N1CCc2ccccc21. The summed E-state index contributed by atoms with van der Waals surface area (Å²) in [5.41, 5.74) is 1.77. The number of halogens is 3. The van der Waals surface area contributed by atoms with Crippen LogP contribution in [-0.2, 0) is 19.1 Å². The second-order valence-corrected chi connectivity index (χ2v) is 7.56. The largest absolute Gasteiger partial charge is 0.434 e. The highest BCUT2D eigenvalue weighted by Crippen LogP contribution is 2.30. The van der Waals surface area contributed by atoms with Gasteiger partial charge < -0.3 is 15.5 Å². The molecule has 1 aliphatic heterocycles. The zero-order valence-corrected chi connectivity index (χ0v) is 16.7. The summed E-state index contributed by atoms with van der Waals surface area (Å²) >= 11 is 0.972. The van der Waals surface area contributed by atoms with Gasteiger partial charge in [0.25, 0.3) is 0 Å². The van der Waals surface area contributed by atoms with E-state index in [1.165, 1.54) is 11.3 Å². The summed E-state index contributed by atoms with van der Waals surface area (Å²) in [6, 6.07) is 8.66. The van der Waals surface area contributed by atoms with E-state index >= 15 is 0 Å². The maximum Gasteiger partial charge on any atom is 0.434 e. The molecule has 2 N–H and O–H groups in total. The van der Waals surface area contributed by atoms with E-state index in [1.807, 2.05) is 13.0 Å². The number of alkyl halides is 3. The lowest BCUT2D eigenvalue weighted by atomic mass is 10.2. The third kappa shape index (κ3) is 4.95. The molecule has 0 amide bonds. The van der Waals surface area contributed by atoms with Gasteiger partial charge in [-0.25, -0.2) is 9.98 Å². The van der Waals surface area contributed by atoms with Gasteiger partial charge in [0.05, 0.1) is 6.54 Å². The second-order valence-electron chi connectivity index (χ2n) is 6.62. The Hall–Kier alpha value is -2.29. The van der Waals surface area contributed by atoms with Crippen molar-refractivity contribution < 1.29 is 13.2 Å². The molecule has 0 saturated heterocycles. The monoisotopic (exact) mass is 411 g/mol. The molecule has 0 saturated carbocycles. The second kappa shape index (κ2) is 8.81. The van der Waals surface area contributed by atoms with E-state index in [9.17, 15) is 13.2 Å². The van der Waals surface area contributed by atoms with Crippen molar-refractivity contribution in [3.8, 4) is 0 Å². The van der Waals surface area contributed by atoms with Gasteiger partial charge in [0.2, 0.25) is 0 Å². The topological polar surface area (TPSA) is 52.6 Å². The fourth-order valence-corrected chi connectivity index (χ4v) is 3.90. The Morgan fingerprint density at radius 2 is 2.11 bits per heavy atom. The fourth-order valence-electron chi connectivity index (χ4n) is 3.18. The minimum atomic E-state index is -4.41. The summed E-state index contributed by atoms with van der Waals surface area (Å²) in [6.07, 6.45) is -3.37. The number of guanidine groups is 1. The average Bonchev–Trinajstić information content (AvgIpc) is 3.30. The lowest BCUT2D eigenvalue weighted by Gasteiger charge is -2.28. The standard InChI is InChI=1S/C19H24F3N5S/c1-3-23-18(25-11-17-26-16(12-28-17)19(20,21)22)24-10-13(2)27-9-8-14-6-4-5-7-15(14)27/h4-7,12-13H,3,8-11H2,1-2H3,(H2,23,24,25). The van der Waals surface area contributed by atoms with Crippen LogP contribution in [0.2, 0.25) is 0 Å². The van der Waals surface area contributed by atoms with Gasteiger partial charge in [0.1, 0.15) is 5.01 Å². The van der Waals surface area contributed by atoms with Crippen LogP contribution in [-0.4, -0.2) is 36.6 Å². The summed E-state index contributed by atoms with van der Waals surface area (Å²) in [6.45, 7) is 6.52. The highest BCUT2D eigenvalue weighted by molar-refractivity contribution is 7.09. The minimum Gasteiger partial charge on any atom is -0.366 e. The summed E-state index contributed by atoms with van der Waals surface area (Å²) in [7, 11) is 0. The van der Waals surface area contributed by atoms with Gasteiger partial charge in [-0.15, -0.1) is 11.3 Å². The van der Waals surface area contributed by atoms with Crippen molar-refractivity contribution in [3.63, 3.8) is 0 Å². The van der Waals surface area contributed by atoms with Crippen molar-refractivity contribution >= 4 is 23.0 Å². The van der Waals surface area contributed by atoms with Crippen molar-refractivity contribution in [3.05, 3.63) is 45.9 Å². The van der Waals surface area contributed by atoms with Crippen LogP contribution in [0, 0.1) is 0 Å². The zero-order chi connectivity index (χ0) is 20.1. The molecule has 0 radical (unpaired) electrons. The number of rotatable bonds is 6. The number of benzene rings is 1. The van der Waals surface area contributed by atoms with Crippen LogP contribution in [0.15, 0.2) is 34.6 Å². The first-order valence-electron chi connectivity index (χ1n) is 9.26. The predicted molar refractivity (Wildman–Crippen MR) is 107 cm³/mol. The van der Waals surface area contributed by atoms with Crippen LogP contribution in [0.3, 0.4) is 0 Å². The third-order valence-corrected chi connectivity index (χ3v) is 5.41. The molecular formula is C19H24F3N5S. The van der Waals surface area contributed by atoms with Crippen molar-refractivity contribution in [1.82, 2.24) is 15.6 Å². The minimum absolute atomic E-state index is 0.108. The van der Waals surface area contributed by atoms with E-state index in [4.69, 9.17) is 0 Å². The lowest BCUT2D eigenvalue weighted by molar-refractivity contribution is -0.140. The molecule has 1 aliphatic rings. The summed E-state index contributed by atoms with van der Waals surface area (Å²) in [5, 5.41) is 7.78. The molecule has 1 atom stereocenters. The molecule has 1 unspecified atom stereocenters. The molecule has 28 heavy (non-hydrogen) atoms. The maximum absolute atomic E-state index is 12.7. The van der Waals surface area contributed by atoms with Gasteiger partial charge in [0.15, 0.2) is 11.7 Å². The molecular weight excluding hydrogens is 387 g/mol. The van der Waals surface area contributed by atoms with Gasteiger partial charge in [-0.1, -0.05) is 18.2 Å². The Morgan fingerprint density at radius 1 is 1.32 bits per heavy atom. The number of aliphatic imine (C=N–C) groups is 1. The molecule has 1 aromatic carbocycles. The van der Waals surface area contributed by atoms with E-state index in [2.05, 4.69) is 50.6 Å². The number of nitrogens with zero attached hydrogens (tertiary/aromatic N) is 3. The lowest BCUT2D eigenvalue weighted by Crippen LogP contribution is -2.45. The van der Waals surface area contributed by atoms with Crippen LogP contribution in [0.1, 0.15) is 30.1 Å². The number of anilines is 1. The number of aromatic nitrogens is 1. The van der Waals surface area contributed by atoms with E-state index in [0.717, 1.165) is 29.7 Å². The number of hydrogen-bond donors (Lipinski definition) is 2. The Kier molecular flexibility index (Phi) is 6.43. The molecule has 2 aromatic rings. The molecule has 0 bridgehead atoms. The van der Waals surface area contributed by atoms with E-state index in [1.54, 1.807) is 0 Å². The summed E-state index contributed by atoms with van der Waals surface area (Å²) in [4.78, 5) is 10.4. The van der Waals surface area contributed by atoms with Crippen LogP contribution in [0.25, 0.3) is 0 Å². The quantitative estimate of drug-likeness (QED) is 0.563. The smallest absolute Gasteiger partial charge is 0.366 e. The molecule has 0 spiro atoms. The summed E-state index contributed by atoms with van der Waals surface area (Å²) in [5.74, 6) is 0.575. The van der Waals surface area contributed by atoms with Crippen molar-refractivity contribution in [2.75, 3.05) is 24.5 Å². The highest BCUT2D eigenvalue weighted by Gasteiger charge is 2.33. The van der Waals surface area contributed by atoms with Crippen LogP contribution >= 0.6 is 11.3 Å².